The second-order valence-corrected chi connectivity index (χ2v) is 14.9. The lowest BCUT2D eigenvalue weighted by Gasteiger charge is -2.74. The molecule has 0 radical (unpaired) electrons. The molecule has 0 aromatic heterocycles. The van der Waals surface area contributed by atoms with Crippen molar-refractivity contribution in [2.45, 2.75) is 151 Å². The topological polar surface area (TPSA) is 43.9 Å². The summed E-state index contributed by atoms with van der Waals surface area (Å²) in [4.78, 5) is 37.1. The highest BCUT2D eigenvalue weighted by atomic mass is 16.2. The van der Waals surface area contributed by atoms with E-state index in [1.807, 2.05) is 0 Å². The first-order valence-electron chi connectivity index (χ1n) is 16.7. The molecule has 0 aromatic rings. The van der Waals surface area contributed by atoms with Gasteiger partial charge >= 0.3 is 0 Å². The summed E-state index contributed by atoms with van der Waals surface area (Å²) in [6.07, 6.45) is 21.6. The van der Waals surface area contributed by atoms with Crippen LogP contribution in [0.1, 0.15) is 109 Å². The van der Waals surface area contributed by atoms with Crippen LogP contribution in [0.25, 0.3) is 0 Å². The standard InChI is InChI=1S/C32H47N3O2/c36-31-23-11-4-2-9-19(23)21-16-17-27-30-29(21)34(31)25-14-6-5-13-24(25)33(30)26-15-7-12-20-18-8-1-3-10-22(18)32(37)35(27)28(20)26/h18-30H,1-17H2. The minimum atomic E-state index is 0.302. The van der Waals surface area contributed by atoms with E-state index in [1.54, 1.807) is 0 Å². The Balaban J connectivity index is 1.19. The van der Waals surface area contributed by atoms with Gasteiger partial charge in [0.15, 0.2) is 0 Å². The van der Waals surface area contributed by atoms with Gasteiger partial charge in [-0.15, -0.1) is 0 Å². The number of piperidine rings is 2. The Morgan fingerprint density at radius 1 is 0.405 bits per heavy atom. The zero-order valence-corrected chi connectivity index (χ0v) is 22.7. The van der Waals surface area contributed by atoms with Gasteiger partial charge in [0.05, 0.1) is 18.1 Å². The zero-order valence-electron chi connectivity index (χ0n) is 22.7. The molecule has 5 saturated carbocycles. The van der Waals surface area contributed by atoms with E-state index in [0.717, 1.165) is 18.8 Å². The van der Waals surface area contributed by atoms with Crippen LogP contribution in [0.3, 0.4) is 0 Å². The Hall–Kier alpha value is -1.10. The molecule has 0 aromatic carbocycles. The average Bonchev–Trinajstić information content (AvgIpc) is 2.95. The minimum Gasteiger partial charge on any atom is -0.333 e. The Bertz CT molecular complexity index is 983. The molecular weight excluding hydrogens is 458 g/mol. The van der Waals surface area contributed by atoms with E-state index in [4.69, 9.17) is 0 Å². The monoisotopic (exact) mass is 505 g/mol. The third-order valence-electron chi connectivity index (χ3n) is 13.9. The van der Waals surface area contributed by atoms with Crippen molar-refractivity contribution in [3.05, 3.63) is 0 Å². The lowest BCUT2D eigenvalue weighted by atomic mass is 9.54. The highest BCUT2D eigenvalue weighted by Crippen LogP contribution is 2.59. The van der Waals surface area contributed by atoms with Crippen LogP contribution in [0.15, 0.2) is 0 Å². The summed E-state index contributed by atoms with van der Waals surface area (Å²) in [5, 5.41) is 0. The summed E-state index contributed by atoms with van der Waals surface area (Å²) in [6.45, 7) is 0. The van der Waals surface area contributed by atoms with Gasteiger partial charge in [0.2, 0.25) is 11.8 Å². The van der Waals surface area contributed by atoms with Gasteiger partial charge in [0.1, 0.15) is 0 Å². The van der Waals surface area contributed by atoms with E-state index in [-0.39, 0.29) is 0 Å². The van der Waals surface area contributed by atoms with Gasteiger partial charge in [-0.2, -0.15) is 0 Å². The van der Waals surface area contributed by atoms with Gasteiger partial charge in [0.25, 0.3) is 0 Å². The average molecular weight is 506 g/mol. The van der Waals surface area contributed by atoms with E-state index < -0.39 is 0 Å². The Labute approximate surface area is 223 Å². The summed E-state index contributed by atoms with van der Waals surface area (Å²) < 4.78 is 0. The molecule has 4 aliphatic heterocycles. The van der Waals surface area contributed by atoms with Crippen LogP contribution in [0.2, 0.25) is 0 Å². The number of carbonyl (C=O) groups excluding carboxylic acids is 2. The Kier molecular flexibility index (Phi) is 5.03. The van der Waals surface area contributed by atoms with Crippen LogP contribution in [0, 0.1) is 35.5 Å². The molecule has 0 bridgehead atoms. The summed E-state index contributed by atoms with van der Waals surface area (Å²) in [5.74, 6) is 4.37. The van der Waals surface area contributed by atoms with Crippen molar-refractivity contribution in [1.29, 1.82) is 0 Å². The molecule has 9 aliphatic rings. The summed E-state index contributed by atoms with van der Waals surface area (Å²) in [6, 6.07) is 3.16. The van der Waals surface area contributed by atoms with E-state index >= 15 is 0 Å². The van der Waals surface area contributed by atoms with Crippen LogP contribution in [-0.4, -0.2) is 68.8 Å². The molecule has 13 atom stereocenters. The summed E-state index contributed by atoms with van der Waals surface area (Å²) >= 11 is 0. The van der Waals surface area contributed by atoms with Crippen LogP contribution in [0.4, 0.5) is 0 Å². The molecule has 37 heavy (non-hydrogen) atoms. The highest BCUT2D eigenvalue weighted by Gasteiger charge is 2.69. The normalized spacial score (nSPS) is 54.4. The molecule has 2 amide bonds. The lowest BCUT2D eigenvalue weighted by Crippen LogP contribution is -2.86. The van der Waals surface area contributed by atoms with Gasteiger partial charge < -0.3 is 9.80 Å². The van der Waals surface area contributed by atoms with Crippen molar-refractivity contribution in [3.8, 4) is 0 Å². The maximum absolute atomic E-state index is 14.4. The summed E-state index contributed by atoms with van der Waals surface area (Å²) in [5.41, 5.74) is 0. The number of rotatable bonds is 0. The van der Waals surface area contributed by atoms with Crippen molar-refractivity contribution in [1.82, 2.24) is 14.7 Å². The Morgan fingerprint density at radius 2 is 0.946 bits per heavy atom. The first-order chi connectivity index (χ1) is 18.2. The van der Waals surface area contributed by atoms with Gasteiger partial charge in [0, 0.05) is 36.0 Å². The first-order valence-corrected chi connectivity index (χ1v) is 16.7. The smallest absolute Gasteiger partial charge is 0.226 e. The van der Waals surface area contributed by atoms with E-state index in [0.29, 0.717) is 83.7 Å². The molecule has 5 nitrogen and oxygen atoms in total. The largest absolute Gasteiger partial charge is 0.333 e. The fourth-order valence-electron chi connectivity index (χ4n) is 12.9. The maximum atomic E-state index is 14.4. The van der Waals surface area contributed by atoms with E-state index in [1.165, 1.54) is 96.3 Å². The molecule has 9 rings (SSSR count). The molecule has 9 fully saturated rings. The SMILES string of the molecule is O=C1C2CCCCC2C2CCCC3C2N1C1CCC2C4CCCCC4C(=O)N4C5CCCCC5N3C1C24. The molecule has 202 valence electrons. The van der Waals surface area contributed by atoms with E-state index in [2.05, 4.69) is 14.7 Å². The molecule has 0 N–H and O–H groups in total. The molecule has 4 saturated heterocycles. The molecular formula is C32H47N3O2. The van der Waals surface area contributed by atoms with Crippen LogP contribution in [-0.2, 0) is 9.59 Å². The molecule has 5 aliphatic carbocycles. The van der Waals surface area contributed by atoms with Crippen LogP contribution < -0.4 is 0 Å². The second-order valence-electron chi connectivity index (χ2n) is 14.9. The van der Waals surface area contributed by atoms with Crippen LogP contribution >= 0.6 is 0 Å². The van der Waals surface area contributed by atoms with Gasteiger partial charge in [-0.3, -0.25) is 14.5 Å². The fraction of sp³-hybridized carbons (Fsp3) is 0.938. The number of piperazine rings is 2. The minimum absolute atomic E-state index is 0.302. The third-order valence-corrected chi connectivity index (χ3v) is 13.9. The van der Waals surface area contributed by atoms with Crippen molar-refractivity contribution in [2.75, 3.05) is 0 Å². The Morgan fingerprint density at radius 3 is 1.68 bits per heavy atom. The summed E-state index contributed by atoms with van der Waals surface area (Å²) in [7, 11) is 0. The van der Waals surface area contributed by atoms with E-state index in [9.17, 15) is 9.59 Å². The van der Waals surface area contributed by atoms with Crippen LogP contribution in [0.5, 0.6) is 0 Å². The van der Waals surface area contributed by atoms with Crippen molar-refractivity contribution >= 4 is 11.8 Å². The van der Waals surface area contributed by atoms with Crippen molar-refractivity contribution in [3.63, 3.8) is 0 Å². The number of nitrogens with zero attached hydrogens (tertiary/aromatic N) is 3. The number of fused-ring (bicyclic) bond motifs is 9. The van der Waals surface area contributed by atoms with Gasteiger partial charge in [-0.25, -0.2) is 0 Å². The predicted octanol–water partition coefficient (Wildman–Crippen LogP) is 4.98. The number of carbonyl (C=O) groups is 2. The molecule has 5 heteroatoms. The number of amides is 2. The first kappa shape index (κ1) is 22.7. The van der Waals surface area contributed by atoms with Crippen molar-refractivity contribution < 1.29 is 9.59 Å². The number of hydrogen-bond donors (Lipinski definition) is 0. The molecule has 13 unspecified atom stereocenters. The maximum Gasteiger partial charge on any atom is 0.226 e. The predicted molar refractivity (Wildman–Crippen MR) is 141 cm³/mol. The third kappa shape index (κ3) is 2.86. The van der Waals surface area contributed by atoms with Gasteiger partial charge in [-0.1, -0.05) is 44.9 Å². The number of hydrogen-bond acceptors (Lipinski definition) is 3. The second kappa shape index (κ2) is 8.21. The van der Waals surface area contributed by atoms with Crippen molar-refractivity contribution in [2.24, 2.45) is 35.5 Å². The lowest BCUT2D eigenvalue weighted by molar-refractivity contribution is -0.239. The van der Waals surface area contributed by atoms with Gasteiger partial charge in [-0.05, 0) is 87.9 Å². The zero-order chi connectivity index (χ0) is 24.4. The highest BCUT2D eigenvalue weighted by molar-refractivity contribution is 5.83. The fourth-order valence-corrected chi connectivity index (χ4v) is 12.9. The molecule has 0 spiro atoms. The quantitative estimate of drug-likeness (QED) is 0.467. The molecule has 4 heterocycles.